The lowest BCUT2D eigenvalue weighted by Gasteiger charge is -2.16. The molecule has 1 saturated heterocycles. The third kappa shape index (κ3) is 5.00. The van der Waals surface area contributed by atoms with E-state index < -0.39 is 0 Å². The number of benzene rings is 2. The van der Waals surface area contributed by atoms with Gasteiger partial charge in [-0.25, -0.2) is 0 Å². The highest BCUT2D eigenvalue weighted by molar-refractivity contribution is 7.80. The van der Waals surface area contributed by atoms with Gasteiger partial charge in [-0.2, -0.15) is 0 Å². The lowest BCUT2D eigenvalue weighted by molar-refractivity contribution is -0.122. The van der Waals surface area contributed by atoms with Crippen molar-refractivity contribution in [3.05, 3.63) is 64.3 Å². The van der Waals surface area contributed by atoms with Crippen molar-refractivity contribution in [3.8, 4) is 11.5 Å². The second-order valence-electron chi connectivity index (χ2n) is 7.93. The van der Waals surface area contributed by atoms with Crippen molar-refractivity contribution in [3.63, 3.8) is 0 Å². The van der Waals surface area contributed by atoms with Crippen molar-refractivity contribution in [2.75, 3.05) is 13.7 Å². The molecule has 2 aromatic rings. The topological polar surface area (TPSA) is 50.8 Å². The number of rotatable bonds is 7. The maximum atomic E-state index is 12.7. The summed E-state index contributed by atoms with van der Waals surface area (Å²) >= 11 is 5.33. The third-order valence-corrected chi connectivity index (χ3v) is 5.17. The molecule has 1 fully saturated rings. The minimum Gasteiger partial charge on any atom is -0.496 e. The highest BCUT2D eigenvalue weighted by Gasteiger charge is 2.30. The molecule has 1 N–H and O–H groups in total. The molecule has 2 aromatic carbocycles. The second kappa shape index (κ2) is 9.30. The zero-order valence-corrected chi connectivity index (χ0v) is 18.9. The van der Waals surface area contributed by atoms with Gasteiger partial charge < -0.3 is 14.8 Å². The molecule has 0 bridgehead atoms. The Balaban J connectivity index is 1.82. The Morgan fingerprint density at radius 1 is 1.13 bits per heavy atom. The van der Waals surface area contributed by atoms with Gasteiger partial charge in [0.1, 0.15) is 23.8 Å². The molecule has 6 heteroatoms. The maximum absolute atomic E-state index is 12.7. The average Bonchev–Trinajstić information content (AvgIpc) is 2.95. The number of carbonyl (C=O) groups excluding carboxylic acids is 1. The van der Waals surface area contributed by atoms with Gasteiger partial charge in [-0.05, 0) is 72.9 Å². The van der Waals surface area contributed by atoms with Gasteiger partial charge in [0.15, 0.2) is 5.11 Å². The molecule has 1 aliphatic heterocycles. The third-order valence-electron chi connectivity index (χ3n) is 4.85. The minimum atomic E-state index is -0.0993. The van der Waals surface area contributed by atoms with E-state index in [9.17, 15) is 4.79 Å². The van der Waals surface area contributed by atoms with E-state index in [0.717, 1.165) is 33.8 Å². The molecule has 0 spiro atoms. The first-order chi connectivity index (χ1) is 14.3. The standard InChI is InChI=1S/C24H28N2O3S/c1-15(2)13-26-23(27)20(25-24(26)30)12-18-8-9-21(28-5)19(11-18)14-29-22-10-16(3)6-7-17(22)4/h6-12,15H,13-14H2,1-5H3,(H,25,30)/b20-12+. The van der Waals surface area contributed by atoms with Gasteiger partial charge in [-0.3, -0.25) is 9.69 Å². The van der Waals surface area contributed by atoms with Crippen LogP contribution in [0.15, 0.2) is 42.1 Å². The molecule has 1 heterocycles. The monoisotopic (exact) mass is 424 g/mol. The van der Waals surface area contributed by atoms with Crippen LogP contribution in [0.2, 0.25) is 0 Å². The van der Waals surface area contributed by atoms with E-state index in [4.69, 9.17) is 21.7 Å². The second-order valence-corrected chi connectivity index (χ2v) is 8.31. The number of amides is 1. The maximum Gasteiger partial charge on any atom is 0.276 e. The van der Waals surface area contributed by atoms with Crippen molar-refractivity contribution in [2.24, 2.45) is 5.92 Å². The highest BCUT2D eigenvalue weighted by Crippen LogP contribution is 2.26. The Bertz CT molecular complexity index is 998. The first-order valence-corrected chi connectivity index (χ1v) is 10.4. The van der Waals surface area contributed by atoms with Gasteiger partial charge in [0.2, 0.25) is 0 Å². The smallest absolute Gasteiger partial charge is 0.276 e. The molecule has 3 rings (SSSR count). The zero-order valence-electron chi connectivity index (χ0n) is 18.1. The Morgan fingerprint density at radius 2 is 1.90 bits per heavy atom. The van der Waals surface area contributed by atoms with Crippen LogP contribution in [0.1, 0.15) is 36.1 Å². The zero-order chi connectivity index (χ0) is 21.8. The molecular weight excluding hydrogens is 396 g/mol. The van der Waals surface area contributed by atoms with E-state index in [0.29, 0.717) is 29.9 Å². The van der Waals surface area contributed by atoms with Crippen molar-refractivity contribution >= 4 is 29.3 Å². The van der Waals surface area contributed by atoms with Crippen molar-refractivity contribution in [2.45, 2.75) is 34.3 Å². The predicted octanol–water partition coefficient (Wildman–Crippen LogP) is 4.60. The molecule has 0 aromatic heterocycles. The molecule has 0 radical (unpaired) electrons. The van der Waals surface area contributed by atoms with Crippen LogP contribution in [-0.4, -0.2) is 29.6 Å². The number of thiocarbonyl (C=S) groups is 1. The first kappa shape index (κ1) is 21.8. The highest BCUT2D eigenvalue weighted by atomic mass is 32.1. The molecule has 5 nitrogen and oxygen atoms in total. The lowest BCUT2D eigenvalue weighted by Crippen LogP contribution is -2.33. The quantitative estimate of drug-likeness (QED) is 0.520. The fourth-order valence-electron chi connectivity index (χ4n) is 3.29. The number of ether oxygens (including phenoxy) is 2. The molecule has 1 aliphatic rings. The molecule has 0 aliphatic carbocycles. The van der Waals surface area contributed by atoms with Gasteiger partial charge in [0, 0.05) is 12.1 Å². The van der Waals surface area contributed by atoms with E-state index in [1.807, 2.05) is 50.3 Å². The largest absolute Gasteiger partial charge is 0.496 e. The number of hydrogen-bond donors (Lipinski definition) is 1. The van der Waals surface area contributed by atoms with Crippen LogP contribution in [0.3, 0.4) is 0 Å². The summed E-state index contributed by atoms with van der Waals surface area (Å²) in [7, 11) is 1.64. The van der Waals surface area contributed by atoms with Crippen molar-refractivity contribution in [1.29, 1.82) is 0 Å². The van der Waals surface area contributed by atoms with E-state index >= 15 is 0 Å². The lowest BCUT2D eigenvalue weighted by atomic mass is 10.1. The van der Waals surface area contributed by atoms with Gasteiger partial charge in [-0.15, -0.1) is 0 Å². The molecular formula is C24H28N2O3S. The van der Waals surface area contributed by atoms with Crippen molar-refractivity contribution < 1.29 is 14.3 Å². The van der Waals surface area contributed by atoms with Gasteiger partial charge in [0.25, 0.3) is 5.91 Å². The Morgan fingerprint density at radius 3 is 2.60 bits per heavy atom. The van der Waals surface area contributed by atoms with Crippen LogP contribution < -0.4 is 14.8 Å². The first-order valence-electron chi connectivity index (χ1n) is 10.00. The van der Waals surface area contributed by atoms with Crippen LogP contribution in [0.25, 0.3) is 6.08 Å². The molecule has 1 amide bonds. The summed E-state index contributed by atoms with van der Waals surface area (Å²) in [5.74, 6) is 1.83. The number of aryl methyl sites for hydroxylation is 2. The fraction of sp³-hybridized carbons (Fsp3) is 0.333. The fourth-order valence-corrected chi connectivity index (χ4v) is 3.56. The summed E-state index contributed by atoms with van der Waals surface area (Å²) in [4.78, 5) is 14.3. The van der Waals surface area contributed by atoms with Gasteiger partial charge >= 0.3 is 0 Å². The SMILES string of the molecule is COc1ccc(/C=C2/NC(=S)N(CC(C)C)C2=O)cc1COc1cc(C)ccc1C. The Hall–Kier alpha value is -2.86. The van der Waals surface area contributed by atoms with E-state index in [2.05, 4.69) is 25.2 Å². The Kier molecular flexibility index (Phi) is 6.77. The number of carbonyl (C=O) groups is 1. The summed E-state index contributed by atoms with van der Waals surface area (Å²) in [5, 5.41) is 3.48. The predicted molar refractivity (Wildman–Crippen MR) is 124 cm³/mol. The van der Waals surface area contributed by atoms with Crippen LogP contribution in [-0.2, 0) is 11.4 Å². The Labute approximate surface area is 183 Å². The normalized spacial score (nSPS) is 15.1. The number of nitrogens with zero attached hydrogens (tertiary/aromatic N) is 1. The molecule has 0 unspecified atom stereocenters. The van der Waals surface area contributed by atoms with Crippen LogP contribution in [0.5, 0.6) is 11.5 Å². The average molecular weight is 425 g/mol. The van der Waals surface area contributed by atoms with E-state index in [1.54, 1.807) is 12.0 Å². The van der Waals surface area contributed by atoms with Crippen LogP contribution in [0, 0.1) is 19.8 Å². The summed E-state index contributed by atoms with van der Waals surface area (Å²) in [6.07, 6.45) is 1.82. The van der Waals surface area contributed by atoms with Crippen molar-refractivity contribution in [1.82, 2.24) is 10.2 Å². The summed E-state index contributed by atoms with van der Waals surface area (Å²) in [5.41, 5.74) is 4.48. The van der Waals surface area contributed by atoms with E-state index in [1.165, 1.54) is 0 Å². The summed E-state index contributed by atoms with van der Waals surface area (Å²) in [6.45, 7) is 9.14. The summed E-state index contributed by atoms with van der Waals surface area (Å²) in [6, 6.07) is 11.9. The van der Waals surface area contributed by atoms with Gasteiger partial charge in [0.05, 0.1) is 7.11 Å². The molecule has 158 valence electrons. The molecule has 30 heavy (non-hydrogen) atoms. The minimum absolute atomic E-state index is 0.0993. The molecule has 0 saturated carbocycles. The number of hydrogen-bond acceptors (Lipinski definition) is 4. The number of nitrogens with one attached hydrogen (secondary N) is 1. The number of methoxy groups -OCH3 is 1. The summed E-state index contributed by atoms with van der Waals surface area (Å²) < 4.78 is 11.6. The van der Waals surface area contributed by atoms with E-state index in [-0.39, 0.29) is 5.91 Å². The van der Waals surface area contributed by atoms with Gasteiger partial charge in [-0.1, -0.05) is 32.0 Å². The van der Waals surface area contributed by atoms with Crippen LogP contribution >= 0.6 is 12.2 Å². The molecule has 0 atom stereocenters. The van der Waals surface area contributed by atoms with Crippen LogP contribution in [0.4, 0.5) is 0 Å².